The number of hydrogen-bond donors (Lipinski definition) is 0. The van der Waals surface area contributed by atoms with Gasteiger partial charge in [-0.15, -0.1) is 0 Å². The van der Waals surface area contributed by atoms with Crippen LogP contribution in [0.4, 0.5) is 0 Å². The van der Waals surface area contributed by atoms with Gasteiger partial charge in [0, 0.05) is 6.54 Å². The first-order valence-corrected chi connectivity index (χ1v) is 12.4. The number of rotatable bonds is 3. The quantitative estimate of drug-likeness (QED) is 0.529. The van der Waals surface area contributed by atoms with E-state index in [4.69, 9.17) is 0 Å². The van der Waals surface area contributed by atoms with Crippen LogP contribution in [0.25, 0.3) is 5.57 Å². The van der Waals surface area contributed by atoms with Gasteiger partial charge in [0.1, 0.15) is 0 Å². The van der Waals surface area contributed by atoms with Crippen molar-refractivity contribution >= 4 is 15.6 Å². The second kappa shape index (κ2) is 7.77. The van der Waals surface area contributed by atoms with E-state index in [9.17, 15) is 8.42 Å². The number of nitrogens with zero attached hydrogens (tertiary/aromatic N) is 1. The van der Waals surface area contributed by atoms with E-state index in [1.807, 2.05) is 37.3 Å². The molecule has 0 saturated carbocycles. The average Bonchev–Trinajstić information content (AvgIpc) is 2.79. The minimum absolute atomic E-state index is 0.136. The van der Waals surface area contributed by atoms with Crippen LogP contribution in [0.2, 0.25) is 0 Å². The van der Waals surface area contributed by atoms with Crippen molar-refractivity contribution in [1.82, 2.24) is 4.31 Å². The summed E-state index contributed by atoms with van der Waals surface area (Å²) in [6.07, 6.45) is 1.83. The van der Waals surface area contributed by atoms with Gasteiger partial charge in [0.05, 0.1) is 10.9 Å². The van der Waals surface area contributed by atoms with Crippen molar-refractivity contribution < 1.29 is 8.42 Å². The van der Waals surface area contributed by atoms with Crippen LogP contribution in [-0.4, -0.2) is 19.3 Å². The Balaban J connectivity index is 1.70. The van der Waals surface area contributed by atoms with E-state index in [2.05, 4.69) is 43.3 Å². The summed E-state index contributed by atoms with van der Waals surface area (Å²) in [4.78, 5) is 0.367. The molecule has 1 aliphatic heterocycles. The molecule has 0 spiro atoms. The smallest absolute Gasteiger partial charge is 0.207 e. The Labute approximate surface area is 185 Å². The minimum Gasteiger partial charge on any atom is -0.207 e. The molecule has 1 heterocycles. The fraction of sp³-hybridized carbons (Fsp3) is 0.259. The zero-order chi connectivity index (χ0) is 21.6. The first-order valence-electron chi connectivity index (χ1n) is 10.9. The number of benzene rings is 3. The Morgan fingerprint density at radius 3 is 2.26 bits per heavy atom. The van der Waals surface area contributed by atoms with Crippen LogP contribution in [0, 0.1) is 12.8 Å². The molecule has 0 unspecified atom stereocenters. The van der Waals surface area contributed by atoms with Crippen LogP contribution in [0.1, 0.15) is 41.6 Å². The Morgan fingerprint density at radius 1 is 0.839 bits per heavy atom. The van der Waals surface area contributed by atoms with Gasteiger partial charge in [0.25, 0.3) is 0 Å². The Hall–Kier alpha value is -2.69. The number of fused-ring (bicyclic) bond motifs is 2. The van der Waals surface area contributed by atoms with Crippen molar-refractivity contribution in [3.05, 3.63) is 107 Å². The average molecular weight is 430 g/mol. The van der Waals surface area contributed by atoms with E-state index >= 15 is 0 Å². The summed E-state index contributed by atoms with van der Waals surface area (Å²) in [5, 5.41) is 0. The fourth-order valence-electron chi connectivity index (χ4n) is 5.17. The molecule has 3 aromatic rings. The maximum atomic E-state index is 13.9. The molecule has 3 nitrogen and oxygen atoms in total. The highest BCUT2D eigenvalue weighted by molar-refractivity contribution is 7.89. The topological polar surface area (TPSA) is 37.4 Å². The third-order valence-corrected chi connectivity index (χ3v) is 8.47. The van der Waals surface area contributed by atoms with Crippen molar-refractivity contribution in [3.8, 4) is 0 Å². The SMILES string of the molecule is Cc1ccc(S(=O)(=O)N2C[C@H](C)C3=C(CCc4ccccc43)[C@H]2c2ccccc2)cc1. The molecule has 4 heteroatoms. The predicted octanol–water partition coefficient (Wildman–Crippen LogP) is 5.78. The van der Waals surface area contributed by atoms with Gasteiger partial charge in [-0.1, -0.05) is 79.2 Å². The second-order valence-electron chi connectivity index (χ2n) is 8.70. The van der Waals surface area contributed by atoms with E-state index in [0.29, 0.717) is 11.4 Å². The summed E-state index contributed by atoms with van der Waals surface area (Å²) in [5.41, 5.74) is 7.35. The summed E-state index contributed by atoms with van der Waals surface area (Å²) in [6.45, 7) is 4.61. The molecule has 2 atom stereocenters. The van der Waals surface area contributed by atoms with Gasteiger partial charge in [-0.2, -0.15) is 4.31 Å². The maximum Gasteiger partial charge on any atom is 0.243 e. The highest BCUT2D eigenvalue weighted by Crippen LogP contribution is 2.49. The zero-order valence-corrected chi connectivity index (χ0v) is 18.8. The Kier molecular flexibility index (Phi) is 5.07. The lowest BCUT2D eigenvalue weighted by Gasteiger charge is -2.43. The molecule has 0 N–H and O–H groups in total. The van der Waals surface area contributed by atoms with Crippen LogP contribution in [0.3, 0.4) is 0 Å². The molecule has 0 fully saturated rings. The lowest BCUT2D eigenvalue weighted by atomic mass is 9.74. The summed E-state index contributed by atoms with van der Waals surface area (Å²) in [5.74, 6) is 0.136. The van der Waals surface area contributed by atoms with E-state index < -0.39 is 10.0 Å². The molecule has 0 bridgehead atoms. The maximum absolute atomic E-state index is 13.9. The monoisotopic (exact) mass is 429 g/mol. The van der Waals surface area contributed by atoms with Gasteiger partial charge < -0.3 is 0 Å². The first kappa shape index (κ1) is 20.2. The van der Waals surface area contributed by atoms with Gasteiger partial charge in [0.2, 0.25) is 10.0 Å². The Morgan fingerprint density at radius 2 is 1.52 bits per heavy atom. The van der Waals surface area contributed by atoms with Crippen molar-refractivity contribution in [1.29, 1.82) is 0 Å². The molecular weight excluding hydrogens is 402 g/mol. The summed E-state index contributed by atoms with van der Waals surface area (Å²) in [6, 6.07) is 25.6. The van der Waals surface area contributed by atoms with Gasteiger partial charge in [0.15, 0.2) is 0 Å². The van der Waals surface area contributed by atoms with Crippen LogP contribution in [0.5, 0.6) is 0 Å². The molecule has 0 aromatic heterocycles. The van der Waals surface area contributed by atoms with Crippen LogP contribution >= 0.6 is 0 Å². The first-order chi connectivity index (χ1) is 15.0. The third-order valence-electron chi connectivity index (χ3n) is 6.62. The van der Waals surface area contributed by atoms with Crippen LogP contribution in [-0.2, 0) is 16.4 Å². The van der Waals surface area contributed by atoms with E-state index in [-0.39, 0.29) is 12.0 Å². The van der Waals surface area contributed by atoms with Crippen molar-refractivity contribution in [2.75, 3.05) is 6.54 Å². The van der Waals surface area contributed by atoms with Gasteiger partial charge in [-0.25, -0.2) is 8.42 Å². The highest BCUT2D eigenvalue weighted by atomic mass is 32.2. The van der Waals surface area contributed by atoms with Crippen molar-refractivity contribution in [3.63, 3.8) is 0 Å². The molecule has 158 valence electrons. The largest absolute Gasteiger partial charge is 0.243 e. The molecule has 0 radical (unpaired) electrons. The van der Waals surface area contributed by atoms with Gasteiger partial charge >= 0.3 is 0 Å². The second-order valence-corrected chi connectivity index (χ2v) is 10.6. The number of hydrogen-bond acceptors (Lipinski definition) is 2. The van der Waals surface area contributed by atoms with E-state index in [1.54, 1.807) is 16.4 Å². The number of sulfonamides is 1. The highest BCUT2D eigenvalue weighted by Gasteiger charge is 2.42. The lowest BCUT2D eigenvalue weighted by molar-refractivity contribution is 0.310. The van der Waals surface area contributed by atoms with Crippen LogP contribution < -0.4 is 0 Å². The minimum atomic E-state index is -3.64. The molecule has 2 aliphatic rings. The third kappa shape index (κ3) is 3.44. The Bertz CT molecular complexity index is 1240. The standard InChI is InChI=1S/C27H27NO2S/c1-19-12-15-23(16-13-19)31(29,30)28-18-20(2)26-24-11-7-6-8-21(24)14-17-25(26)27(28)22-9-4-3-5-10-22/h3-13,15-16,20,27H,14,17-18H2,1-2H3/t20-,27+/m0/s1. The summed E-state index contributed by atoms with van der Waals surface area (Å²) >= 11 is 0. The molecule has 0 saturated heterocycles. The summed E-state index contributed by atoms with van der Waals surface area (Å²) < 4.78 is 29.4. The van der Waals surface area contributed by atoms with Crippen LogP contribution in [0.15, 0.2) is 89.3 Å². The normalized spacial score (nSPS) is 21.5. The molecule has 31 heavy (non-hydrogen) atoms. The summed E-state index contributed by atoms with van der Waals surface area (Å²) in [7, 11) is -3.64. The van der Waals surface area contributed by atoms with Crippen molar-refractivity contribution in [2.24, 2.45) is 5.92 Å². The lowest BCUT2D eigenvalue weighted by Crippen LogP contribution is -2.43. The molecule has 1 aliphatic carbocycles. The van der Waals surface area contributed by atoms with E-state index in [1.165, 1.54) is 22.3 Å². The molecule has 3 aromatic carbocycles. The molecular formula is C27H27NO2S. The zero-order valence-electron chi connectivity index (χ0n) is 18.0. The number of aryl methyl sites for hydroxylation is 2. The van der Waals surface area contributed by atoms with Crippen molar-refractivity contribution in [2.45, 2.75) is 37.6 Å². The predicted molar refractivity (Wildman–Crippen MR) is 125 cm³/mol. The van der Waals surface area contributed by atoms with Gasteiger partial charge in [-0.05, 0) is 65.7 Å². The molecule has 0 amide bonds. The van der Waals surface area contributed by atoms with E-state index in [0.717, 1.165) is 24.0 Å². The fourth-order valence-corrected chi connectivity index (χ4v) is 6.87. The van der Waals surface area contributed by atoms with Gasteiger partial charge in [-0.3, -0.25) is 0 Å². The molecule has 5 rings (SSSR count).